The standard InChI is InChI=1S/C23H32ClNO5/c1-7-28-13-12-17-18(22(26)27-6)14(2)20-21(19(17)24)30-23(3,29-20)15-8-10-16(11-9-15)25(4)5/h12-13,15-16H,7-11H2,1-6H3/b13-12+/t15-,16-,23?. The van der Waals surface area contributed by atoms with Gasteiger partial charge in [0.2, 0.25) is 0 Å². The Morgan fingerprint density at radius 1 is 1.23 bits per heavy atom. The second-order valence-corrected chi connectivity index (χ2v) is 8.70. The second-order valence-electron chi connectivity index (χ2n) is 8.32. The van der Waals surface area contributed by atoms with Crippen molar-refractivity contribution in [2.75, 3.05) is 27.8 Å². The Bertz CT molecular complexity index is 830. The van der Waals surface area contributed by atoms with Gasteiger partial charge in [-0.3, -0.25) is 0 Å². The summed E-state index contributed by atoms with van der Waals surface area (Å²) < 4.78 is 23.1. The van der Waals surface area contributed by atoms with Gasteiger partial charge in [0.15, 0.2) is 11.5 Å². The Balaban J connectivity index is 1.96. The minimum atomic E-state index is -0.816. The number of methoxy groups -OCH3 is 1. The molecule has 1 aliphatic carbocycles. The van der Waals surface area contributed by atoms with Gasteiger partial charge in [0, 0.05) is 30.0 Å². The van der Waals surface area contributed by atoms with Crippen LogP contribution in [0.1, 0.15) is 61.0 Å². The fraction of sp³-hybridized carbons (Fsp3) is 0.609. The quantitative estimate of drug-likeness (QED) is 0.458. The van der Waals surface area contributed by atoms with Crippen molar-refractivity contribution in [3.63, 3.8) is 0 Å². The van der Waals surface area contributed by atoms with E-state index in [0.29, 0.717) is 45.9 Å². The zero-order valence-electron chi connectivity index (χ0n) is 18.7. The van der Waals surface area contributed by atoms with Gasteiger partial charge in [-0.15, -0.1) is 0 Å². The highest BCUT2D eigenvalue weighted by atomic mass is 35.5. The van der Waals surface area contributed by atoms with Crippen LogP contribution in [0.25, 0.3) is 6.08 Å². The molecule has 0 saturated heterocycles. The molecule has 0 amide bonds. The van der Waals surface area contributed by atoms with Gasteiger partial charge < -0.3 is 23.8 Å². The molecule has 0 radical (unpaired) electrons. The number of halogens is 1. The van der Waals surface area contributed by atoms with E-state index in [-0.39, 0.29) is 5.92 Å². The third-order valence-corrected chi connectivity index (χ3v) is 6.67. The maximum absolute atomic E-state index is 12.5. The van der Waals surface area contributed by atoms with E-state index in [1.54, 1.807) is 6.08 Å². The molecule has 1 aliphatic heterocycles. The van der Waals surface area contributed by atoms with Gasteiger partial charge in [-0.1, -0.05) is 11.6 Å². The maximum Gasteiger partial charge on any atom is 0.338 e. The first-order valence-electron chi connectivity index (χ1n) is 10.5. The summed E-state index contributed by atoms with van der Waals surface area (Å²) in [6, 6.07) is 0.584. The van der Waals surface area contributed by atoms with Crippen LogP contribution in [0.15, 0.2) is 6.26 Å². The average Bonchev–Trinajstić information content (AvgIpc) is 3.11. The van der Waals surface area contributed by atoms with E-state index in [9.17, 15) is 4.79 Å². The summed E-state index contributed by atoms with van der Waals surface area (Å²) in [5.41, 5.74) is 1.53. The number of fused-ring (bicyclic) bond motifs is 1. The van der Waals surface area contributed by atoms with E-state index < -0.39 is 11.8 Å². The van der Waals surface area contributed by atoms with Gasteiger partial charge >= 0.3 is 5.97 Å². The zero-order chi connectivity index (χ0) is 22.1. The third kappa shape index (κ3) is 4.12. The van der Waals surface area contributed by atoms with Crippen LogP contribution in [0.3, 0.4) is 0 Å². The van der Waals surface area contributed by atoms with Crippen LogP contribution in [-0.2, 0) is 9.47 Å². The molecule has 1 fully saturated rings. The summed E-state index contributed by atoms with van der Waals surface area (Å²) >= 11 is 6.72. The maximum atomic E-state index is 12.5. The summed E-state index contributed by atoms with van der Waals surface area (Å²) in [7, 11) is 5.60. The molecule has 2 aliphatic rings. The zero-order valence-corrected chi connectivity index (χ0v) is 19.5. The van der Waals surface area contributed by atoms with E-state index in [1.807, 2.05) is 20.8 Å². The van der Waals surface area contributed by atoms with Gasteiger partial charge in [0.05, 0.1) is 30.6 Å². The minimum Gasteiger partial charge on any atom is -0.501 e. The van der Waals surface area contributed by atoms with E-state index in [2.05, 4.69) is 19.0 Å². The number of ether oxygens (including phenoxy) is 4. The lowest BCUT2D eigenvalue weighted by Crippen LogP contribution is -2.46. The molecule has 1 aromatic carbocycles. The van der Waals surface area contributed by atoms with Crippen LogP contribution in [0.5, 0.6) is 11.5 Å². The molecule has 0 N–H and O–H groups in total. The molecule has 30 heavy (non-hydrogen) atoms. The largest absolute Gasteiger partial charge is 0.501 e. The van der Waals surface area contributed by atoms with Crippen LogP contribution in [0, 0.1) is 12.8 Å². The van der Waals surface area contributed by atoms with Gasteiger partial charge in [0.25, 0.3) is 5.79 Å². The summed E-state index contributed by atoms with van der Waals surface area (Å²) in [5, 5.41) is 0.331. The smallest absolute Gasteiger partial charge is 0.338 e. The molecule has 1 aromatic rings. The number of nitrogens with zero attached hydrogens (tertiary/aromatic N) is 1. The van der Waals surface area contributed by atoms with Crippen molar-refractivity contribution in [1.82, 2.24) is 4.90 Å². The molecule has 1 heterocycles. The SMILES string of the molecule is CCO/C=C/c1c(Cl)c2c(c(C)c1C(=O)OC)OC(C)([C@H]1CC[C@H](N(C)C)CC1)O2. The summed E-state index contributed by atoms with van der Waals surface area (Å²) in [6.45, 7) is 6.20. The molecule has 0 spiro atoms. The van der Waals surface area contributed by atoms with E-state index in [0.717, 1.165) is 25.7 Å². The fourth-order valence-corrected chi connectivity index (χ4v) is 4.76. The second kappa shape index (κ2) is 9.06. The van der Waals surface area contributed by atoms with E-state index in [1.165, 1.54) is 13.4 Å². The van der Waals surface area contributed by atoms with Crippen molar-refractivity contribution < 1.29 is 23.7 Å². The summed E-state index contributed by atoms with van der Waals surface area (Å²) in [4.78, 5) is 14.8. The number of hydrogen-bond acceptors (Lipinski definition) is 6. The molecule has 6 nitrogen and oxygen atoms in total. The first kappa shape index (κ1) is 22.8. The summed E-state index contributed by atoms with van der Waals surface area (Å²) in [6.07, 6.45) is 7.40. The van der Waals surface area contributed by atoms with Crippen LogP contribution >= 0.6 is 11.6 Å². The lowest BCUT2D eigenvalue weighted by molar-refractivity contribution is -0.123. The van der Waals surface area contributed by atoms with Crippen molar-refractivity contribution in [2.45, 2.75) is 58.3 Å². The van der Waals surface area contributed by atoms with E-state index in [4.69, 9.17) is 30.5 Å². The Morgan fingerprint density at radius 2 is 1.87 bits per heavy atom. The van der Waals surface area contributed by atoms with Crippen LogP contribution in [-0.4, -0.2) is 50.5 Å². The highest BCUT2D eigenvalue weighted by Gasteiger charge is 2.48. The van der Waals surface area contributed by atoms with Crippen LogP contribution < -0.4 is 9.47 Å². The lowest BCUT2D eigenvalue weighted by atomic mass is 9.81. The molecule has 0 bridgehead atoms. The lowest BCUT2D eigenvalue weighted by Gasteiger charge is -2.39. The highest BCUT2D eigenvalue weighted by Crippen LogP contribution is 2.53. The normalized spacial score (nSPS) is 25.7. The molecule has 1 saturated carbocycles. The first-order chi connectivity index (χ1) is 14.2. The van der Waals surface area contributed by atoms with Crippen LogP contribution in [0.2, 0.25) is 5.02 Å². The van der Waals surface area contributed by atoms with Crippen LogP contribution in [0.4, 0.5) is 0 Å². The van der Waals surface area contributed by atoms with Crippen molar-refractivity contribution in [3.05, 3.63) is 28.0 Å². The molecular formula is C23H32ClNO5. The molecule has 3 rings (SSSR count). The number of rotatable bonds is 6. The first-order valence-corrected chi connectivity index (χ1v) is 10.9. The van der Waals surface area contributed by atoms with Gasteiger partial charge in [-0.25, -0.2) is 4.79 Å². The number of carbonyl (C=O) groups is 1. The molecule has 166 valence electrons. The fourth-order valence-electron chi connectivity index (χ4n) is 4.48. The highest BCUT2D eigenvalue weighted by molar-refractivity contribution is 6.34. The topological polar surface area (TPSA) is 57.2 Å². The Labute approximate surface area is 184 Å². The number of esters is 1. The number of benzene rings is 1. The van der Waals surface area contributed by atoms with Crippen molar-refractivity contribution in [2.24, 2.45) is 5.92 Å². The molecule has 7 heteroatoms. The predicted molar refractivity (Wildman–Crippen MR) is 117 cm³/mol. The molecule has 0 aromatic heterocycles. The Morgan fingerprint density at radius 3 is 2.43 bits per heavy atom. The predicted octanol–water partition coefficient (Wildman–Crippen LogP) is 5.05. The van der Waals surface area contributed by atoms with Crippen molar-refractivity contribution in [3.8, 4) is 11.5 Å². The molecular weight excluding hydrogens is 406 g/mol. The number of hydrogen-bond donors (Lipinski definition) is 0. The number of carbonyl (C=O) groups excluding carboxylic acids is 1. The third-order valence-electron chi connectivity index (χ3n) is 6.29. The van der Waals surface area contributed by atoms with Gasteiger partial charge in [-0.05, 0) is 59.7 Å². The minimum absolute atomic E-state index is 0.237. The Kier molecular flexibility index (Phi) is 6.88. The van der Waals surface area contributed by atoms with Gasteiger partial charge in [0.1, 0.15) is 0 Å². The van der Waals surface area contributed by atoms with Crippen molar-refractivity contribution >= 4 is 23.6 Å². The average molecular weight is 438 g/mol. The van der Waals surface area contributed by atoms with Crippen molar-refractivity contribution in [1.29, 1.82) is 0 Å². The summed E-state index contributed by atoms with van der Waals surface area (Å²) in [5.74, 6) is -0.0529. The molecule has 1 unspecified atom stereocenters. The molecule has 1 atom stereocenters. The monoisotopic (exact) mass is 437 g/mol. The Hall–Kier alpha value is -1.92. The van der Waals surface area contributed by atoms with E-state index >= 15 is 0 Å². The van der Waals surface area contributed by atoms with Gasteiger partial charge in [-0.2, -0.15) is 0 Å².